The quantitative estimate of drug-likeness (QED) is 0.794. The zero-order valence-corrected chi connectivity index (χ0v) is 11.6. The minimum absolute atomic E-state index is 0.105. The van der Waals surface area contributed by atoms with E-state index in [1.165, 1.54) is 0 Å². The summed E-state index contributed by atoms with van der Waals surface area (Å²) >= 11 is 0. The van der Waals surface area contributed by atoms with Gasteiger partial charge in [0.1, 0.15) is 0 Å². The molecular formula is C14H22N2O4. The number of ether oxygens (including phenoxy) is 1. The zero-order chi connectivity index (χ0) is 14.2. The maximum atomic E-state index is 12.3. The summed E-state index contributed by atoms with van der Waals surface area (Å²) in [7, 11) is 0. The van der Waals surface area contributed by atoms with E-state index < -0.39 is 11.4 Å². The lowest BCUT2D eigenvalue weighted by atomic mass is 9.81. The van der Waals surface area contributed by atoms with Gasteiger partial charge in [-0.25, -0.2) is 4.79 Å². The Kier molecular flexibility index (Phi) is 3.58. The fraction of sp³-hybridized carbons (Fsp3) is 0.857. The maximum absolute atomic E-state index is 12.3. The van der Waals surface area contributed by atoms with Gasteiger partial charge in [0.2, 0.25) is 0 Å². The molecule has 2 atom stereocenters. The first-order valence-electron chi connectivity index (χ1n) is 7.48. The number of aliphatic carboxylic acids is 1. The van der Waals surface area contributed by atoms with Crippen molar-refractivity contribution in [1.82, 2.24) is 10.2 Å². The lowest BCUT2D eigenvalue weighted by molar-refractivity contribution is -0.149. The van der Waals surface area contributed by atoms with Crippen LogP contribution in [0.25, 0.3) is 0 Å². The van der Waals surface area contributed by atoms with Crippen LogP contribution in [0.5, 0.6) is 0 Å². The van der Waals surface area contributed by atoms with Gasteiger partial charge in [0.25, 0.3) is 0 Å². The molecule has 3 fully saturated rings. The Bertz CT molecular complexity index is 408. The second kappa shape index (κ2) is 5.24. The van der Waals surface area contributed by atoms with E-state index in [1.807, 2.05) is 0 Å². The molecular weight excluding hydrogens is 260 g/mol. The Morgan fingerprint density at radius 3 is 2.65 bits per heavy atom. The Hall–Kier alpha value is -1.30. The number of hydrogen-bond acceptors (Lipinski definition) is 3. The van der Waals surface area contributed by atoms with Crippen molar-refractivity contribution in [1.29, 1.82) is 0 Å². The Morgan fingerprint density at radius 1 is 1.25 bits per heavy atom. The number of likely N-dealkylation sites (tertiary alicyclic amines) is 1. The SMILES string of the molecule is O=C(NC1CCOCC1)N1C[C@@H]2CCC[C@@]2(C(=O)O)C1. The summed E-state index contributed by atoms with van der Waals surface area (Å²) in [6, 6.07) is 0.0596. The highest BCUT2D eigenvalue weighted by molar-refractivity contribution is 5.80. The average molecular weight is 282 g/mol. The summed E-state index contributed by atoms with van der Waals surface area (Å²) in [5.41, 5.74) is -0.687. The number of amides is 2. The summed E-state index contributed by atoms with van der Waals surface area (Å²) in [6.45, 7) is 2.32. The minimum atomic E-state index is -0.735. The minimum Gasteiger partial charge on any atom is -0.481 e. The maximum Gasteiger partial charge on any atom is 0.317 e. The van der Waals surface area contributed by atoms with Gasteiger partial charge in [-0.3, -0.25) is 4.79 Å². The Labute approximate surface area is 118 Å². The summed E-state index contributed by atoms with van der Waals surface area (Å²) < 4.78 is 5.27. The summed E-state index contributed by atoms with van der Waals surface area (Å²) in [5.74, 6) is -0.609. The van der Waals surface area contributed by atoms with Crippen molar-refractivity contribution in [2.75, 3.05) is 26.3 Å². The third-order valence-corrected chi connectivity index (χ3v) is 5.13. The predicted octanol–water partition coefficient (Wildman–Crippen LogP) is 1.06. The lowest BCUT2D eigenvalue weighted by Crippen LogP contribution is -2.47. The van der Waals surface area contributed by atoms with Gasteiger partial charge in [0.15, 0.2) is 0 Å². The standard InChI is InChI=1S/C14H22N2O4/c17-12(18)14-5-1-2-10(14)8-16(9-14)13(19)15-11-3-6-20-7-4-11/h10-11H,1-9H2,(H,15,19)(H,17,18)/t10-,14+/m0/s1. The highest BCUT2D eigenvalue weighted by atomic mass is 16.5. The van der Waals surface area contributed by atoms with E-state index in [2.05, 4.69) is 5.32 Å². The second-order valence-corrected chi connectivity index (χ2v) is 6.27. The molecule has 20 heavy (non-hydrogen) atoms. The van der Waals surface area contributed by atoms with Crippen LogP contribution in [0.15, 0.2) is 0 Å². The van der Waals surface area contributed by atoms with Gasteiger partial charge < -0.3 is 20.1 Å². The van der Waals surface area contributed by atoms with Gasteiger partial charge in [0.05, 0.1) is 5.41 Å². The number of carbonyl (C=O) groups is 2. The molecule has 0 unspecified atom stereocenters. The lowest BCUT2D eigenvalue weighted by Gasteiger charge is -2.27. The highest BCUT2D eigenvalue weighted by Crippen LogP contribution is 2.48. The Balaban J connectivity index is 1.61. The Morgan fingerprint density at radius 2 is 2.00 bits per heavy atom. The fourth-order valence-electron chi connectivity index (χ4n) is 3.90. The molecule has 3 aliphatic rings. The van der Waals surface area contributed by atoms with Gasteiger partial charge in [-0.2, -0.15) is 0 Å². The number of nitrogens with zero attached hydrogens (tertiary/aromatic N) is 1. The fourth-order valence-corrected chi connectivity index (χ4v) is 3.90. The molecule has 0 bridgehead atoms. The average Bonchev–Trinajstić information content (AvgIpc) is 2.97. The molecule has 1 saturated carbocycles. The van der Waals surface area contributed by atoms with Gasteiger partial charge in [0, 0.05) is 32.3 Å². The number of fused-ring (bicyclic) bond motifs is 1. The molecule has 2 N–H and O–H groups in total. The molecule has 2 aliphatic heterocycles. The van der Waals surface area contributed by atoms with Crippen LogP contribution in [0.2, 0.25) is 0 Å². The van der Waals surface area contributed by atoms with Crippen LogP contribution in [-0.4, -0.2) is 54.4 Å². The summed E-state index contributed by atoms with van der Waals surface area (Å²) in [6.07, 6.45) is 4.27. The molecule has 3 rings (SSSR count). The van der Waals surface area contributed by atoms with Crippen molar-refractivity contribution in [3.05, 3.63) is 0 Å². The van der Waals surface area contributed by atoms with Gasteiger partial charge >= 0.3 is 12.0 Å². The normalized spacial score (nSPS) is 34.0. The highest BCUT2D eigenvalue weighted by Gasteiger charge is 2.55. The van der Waals surface area contributed by atoms with E-state index in [4.69, 9.17) is 4.74 Å². The monoisotopic (exact) mass is 282 g/mol. The van der Waals surface area contributed by atoms with Crippen molar-refractivity contribution >= 4 is 12.0 Å². The van der Waals surface area contributed by atoms with Crippen molar-refractivity contribution in [2.24, 2.45) is 11.3 Å². The summed E-state index contributed by atoms with van der Waals surface area (Å²) in [4.78, 5) is 25.6. The van der Waals surface area contributed by atoms with Crippen molar-refractivity contribution in [2.45, 2.75) is 38.1 Å². The van der Waals surface area contributed by atoms with Crippen LogP contribution < -0.4 is 5.32 Å². The van der Waals surface area contributed by atoms with E-state index in [0.29, 0.717) is 32.7 Å². The smallest absolute Gasteiger partial charge is 0.317 e. The molecule has 2 heterocycles. The van der Waals surface area contributed by atoms with E-state index in [0.717, 1.165) is 25.7 Å². The number of hydrogen-bond donors (Lipinski definition) is 2. The number of carboxylic acids is 1. The third kappa shape index (κ3) is 2.26. The van der Waals surface area contributed by atoms with Crippen molar-refractivity contribution in [3.8, 4) is 0 Å². The first-order valence-corrected chi connectivity index (χ1v) is 7.48. The predicted molar refractivity (Wildman–Crippen MR) is 71.4 cm³/mol. The van der Waals surface area contributed by atoms with E-state index >= 15 is 0 Å². The van der Waals surface area contributed by atoms with E-state index in [-0.39, 0.29) is 18.0 Å². The molecule has 0 spiro atoms. The van der Waals surface area contributed by atoms with Crippen LogP contribution in [-0.2, 0) is 9.53 Å². The first kappa shape index (κ1) is 13.7. The molecule has 2 amide bonds. The molecule has 0 radical (unpaired) electrons. The molecule has 6 heteroatoms. The first-order chi connectivity index (χ1) is 9.62. The van der Waals surface area contributed by atoms with Crippen molar-refractivity contribution in [3.63, 3.8) is 0 Å². The van der Waals surface area contributed by atoms with Gasteiger partial charge in [-0.15, -0.1) is 0 Å². The van der Waals surface area contributed by atoms with Gasteiger partial charge in [-0.1, -0.05) is 6.42 Å². The number of urea groups is 1. The molecule has 112 valence electrons. The van der Waals surface area contributed by atoms with E-state index in [9.17, 15) is 14.7 Å². The molecule has 0 aromatic rings. The van der Waals surface area contributed by atoms with Crippen LogP contribution in [0.1, 0.15) is 32.1 Å². The zero-order valence-electron chi connectivity index (χ0n) is 11.6. The number of nitrogens with one attached hydrogen (secondary N) is 1. The number of rotatable bonds is 2. The molecule has 0 aromatic heterocycles. The van der Waals surface area contributed by atoms with Crippen LogP contribution in [0.3, 0.4) is 0 Å². The number of carbonyl (C=O) groups excluding carboxylic acids is 1. The molecule has 6 nitrogen and oxygen atoms in total. The summed E-state index contributed by atoms with van der Waals surface area (Å²) in [5, 5.41) is 12.5. The second-order valence-electron chi connectivity index (χ2n) is 6.27. The number of carboxylic acid groups (broad SMARTS) is 1. The third-order valence-electron chi connectivity index (χ3n) is 5.13. The topological polar surface area (TPSA) is 78.9 Å². The molecule has 1 aliphatic carbocycles. The van der Waals surface area contributed by atoms with E-state index in [1.54, 1.807) is 4.90 Å². The van der Waals surface area contributed by atoms with Crippen molar-refractivity contribution < 1.29 is 19.4 Å². The van der Waals surface area contributed by atoms with Crippen LogP contribution >= 0.6 is 0 Å². The largest absolute Gasteiger partial charge is 0.481 e. The molecule has 2 saturated heterocycles. The van der Waals surface area contributed by atoms with Gasteiger partial charge in [-0.05, 0) is 31.6 Å². The van der Waals surface area contributed by atoms with Crippen LogP contribution in [0, 0.1) is 11.3 Å². The van der Waals surface area contributed by atoms with Crippen LogP contribution in [0.4, 0.5) is 4.79 Å². The molecule has 0 aromatic carbocycles.